The highest BCUT2D eigenvalue weighted by atomic mass is 16.5. The summed E-state index contributed by atoms with van der Waals surface area (Å²) in [6.07, 6.45) is 1.82. The molecule has 2 aromatic carbocycles. The quantitative estimate of drug-likeness (QED) is 0.725. The maximum absolute atomic E-state index is 12.9. The Morgan fingerprint density at radius 3 is 2.60 bits per heavy atom. The van der Waals surface area contributed by atoms with Gasteiger partial charge in [-0.05, 0) is 17.7 Å². The Morgan fingerprint density at radius 1 is 1.12 bits per heavy atom. The zero-order valence-electron chi connectivity index (χ0n) is 14.1. The molecule has 0 aliphatic carbocycles. The number of nitrogens with one attached hydrogen (secondary N) is 2. The van der Waals surface area contributed by atoms with Crippen LogP contribution in [0.3, 0.4) is 0 Å². The summed E-state index contributed by atoms with van der Waals surface area (Å²) in [6, 6.07) is 18.1. The van der Waals surface area contributed by atoms with Gasteiger partial charge in [0.1, 0.15) is 17.6 Å². The average molecular weight is 336 g/mol. The fraction of sp³-hybridized carbons (Fsp3) is 0.158. The Labute approximate surface area is 146 Å². The number of rotatable bonds is 6. The van der Waals surface area contributed by atoms with Gasteiger partial charge < -0.3 is 15.4 Å². The van der Waals surface area contributed by atoms with E-state index in [0.29, 0.717) is 17.3 Å². The third-order valence-corrected chi connectivity index (χ3v) is 3.74. The van der Waals surface area contributed by atoms with Gasteiger partial charge in [-0.15, -0.1) is 0 Å². The van der Waals surface area contributed by atoms with Crippen molar-refractivity contribution in [3.05, 3.63) is 72.4 Å². The van der Waals surface area contributed by atoms with Gasteiger partial charge >= 0.3 is 0 Å². The fourth-order valence-corrected chi connectivity index (χ4v) is 2.50. The highest BCUT2D eigenvalue weighted by Crippen LogP contribution is 2.22. The Kier molecular flexibility index (Phi) is 4.99. The molecule has 1 atom stereocenters. The van der Waals surface area contributed by atoms with Crippen molar-refractivity contribution in [1.82, 2.24) is 9.78 Å². The van der Waals surface area contributed by atoms with Crippen molar-refractivity contribution in [3.8, 4) is 5.75 Å². The SMILES string of the molecule is COc1cccc(NC(=O)[C@H](Nc2ccn(C)n2)c2ccccc2)c1. The van der Waals surface area contributed by atoms with Crippen molar-refractivity contribution in [1.29, 1.82) is 0 Å². The Balaban J connectivity index is 1.83. The molecule has 0 fully saturated rings. The summed E-state index contributed by atoms with van der Waals surface area (Å²) in [7, 11) is 3.43. The van der Waals surface area contributed by atoms with Crippen LogP contribution in [0.1, 0.15) is 11.6 Å². The van der Waals surface area contributed by atoms with Crippen molar-refractivity contribution in [2.45, 2.75) is 6.04 Å². The molecule has 0 aliphatic rings. The molecule has 0 saturated carbocycles. The van der Waals surface area contributed by atoms with E-state index >= 15 is 0 Å². The number of nitrogens with zero attached hydrogens (tertiary/aromatic N) is 2. The van der Waals surface area contributed by atoms with Gasteiger partial charge in [-0.3, -0.25) is 9.48 Å². The van der Waals surface area contributed by atoms with Gasteiger partial charge in [-0.25, -0.2) is 0 Å². The molecular weight excluding hydrogens is 316 g/mol. The lowest BCUT2D eigenvalue weighted by Crippen LogP contribution is -2.27. The van der Waals surface area contributed by atoms with Crippen molar-refractivity contribution in [3.63, 3.8) is 0 Å². The third kappa shape index (κ3) is 4.17. The Hall–Kier alpha value is -3.28. The van der Waals surface area contributed by atoms with Gasteiger partial charge in [0.2, 0.25) is 0 Å². The maximum Gasteiger partial charge on any atom is 0.251 e. The van der Waals surface area contributed by atoms with E-state index in [1.54, 1.807) is 17.9 Å². The van der Waals surface area contributed by atoms with Gasteiger partial charge in [0.05, 0.1) is 7.11 Å². The molecule has 0 radical (unpaired) electrons. The molecule has 25 heavy (non-hydrogen) atoms. The maximum atomic E-state index is 12.9. The molecule has 6 nitrogen and oxygen atoms in total. The van der Waals surface area contributed by atoms with Crippen molar-refractivity contribution in [2.24, 2.45) is 7.05 Å². The smallest absolute Gasteiger partial charge is 0.251 e. The molecule has 0 aliphatic heterocycles. The number of anilines is 2. The molecule has 1 heterocycles. The predicted molar refractivity (Wildman–Crippen MR) is 97.6 cm³/mol. The monoisotopic (exact) mass is 336 g/mol. The zero-order valence-corrected chi connectivity index (χ0v) is 14.1. The standard InChI is InChI=1S/C19H20N4O2/c1-23-12-11-17(22-23)21-18(14-7-4-3-5-8-14)19(24)20-15-9-6-10-16(13-15)25-2/h3-13,18H,1-2H3,(H,20,24)(H,21,22)/t18-/m1/s1. The van der Waals surface area contributed by atoms with Crippen LogP contribution in [0.2, 0.25) is 0 Å². The van der Waals surface area contributed by atoms with Crippen LogP contribution in [-0.2, 0) is 11.8 Å². The van der Waals surface area contributed by atoms with Gasteiger partial charge in [-0.2, -0.15) is 5.10 Å². The first-order chi connectivity index (χ1) is 12.2. The number of aromatic nitrogens is 2. The molecule has 0 bridgehead atoms. The number of amides is 1. The summed E-state index contributed by atoms with van der Waals surface area (Å²) in [5.74, 6) is 1.15. The minimum absolute atomic E-state index is 0.176. The first kappa shape index (κ1) is 16.6. The molecule has 128 valence electrons. The van der Waals surface area contributed by atoms with Crippen LogP contribution in [0.15, 0.2) is 66.9 Å². The van der Waals surface area contributed by atoms with E-state index in [-0.39, 0.29) is 5.91 Å². The lowest BCUT2D eigenvalue weighted by Gasteiger charge is -2.19. The van der Waals surface area contributed by atoms with E-state index < -0.39 is 6.04 Å². The van der Waals surface area contributed by atoms with Crippen molar-refractivity contribution < 1.29 is 9.53 Å². The number of carbonyl (C=O) groups excluding carboxylic acids is 1. The van der Waals surface area contributed by atoms with Crippen LogP contribution in [0.5, 0.6) is 5.75 Å². The lowest BCUT2D eigenvalue weighted by atomic mass is 10.1. The molecule has 6 heteroatoms. The van der Waals surface area contributed by atoms with Crippen molar-refractivity contribution >= 4 is 17.4 Å². The second-order valence-corrected chi connectivity index (χ2v) is 5.58. The first-order valence-corrected chi connectivity index (χ1v) is 7.92. The van der Waals surface area contributed by atoms with Gasteiger partial charge in [-0.1, -0.05) is 36.4 Å². The lowest BCUT2D eigenvalue weighted by molar-refractivity contribution is -0.117. The molecule has 1 amide bonds. The average Bonchev–Trinajstić information content (AvgIpc) is 3.05. The molecule has 2 N–H and O–H groups in total. The molecule has 0 unspecified atom stereocenters. The Bertz CT molecular complexity index is 845. The van der Waals surface area contributed by atoms with Gasteiger partial charge in [0, 0.05) is 31.1 Å². The van der Waals surface area contributed by atoms with Crippen LogP contribution in [-0.4, -0.2) is 22.8 Å². The molecule has 3 rings (SSSR count). The molecule has 0 saturated heterocycles. The first-order valence-electron chi connectivity index (χ1n) is 7.92. The number of hydrogen-bond donors (Lipinski definition) is 2. The van der Waals surface area contributed by atoms with E-state index in [1.807, 2.05) is 67.8 Å². The molecule has 3 aromatic rings. The van der Waals surface area contributed by atoms with E-state index in [0.717, 1.165) is 5.56 Å². The summed E-state index contributed by atoms with van der Waals surface area (Å²) in [6.45, 7) is 0. The Morgan fingerprint density at radius 2 is 1.92 bits per heavy atom. The molecule has 1 aromatic heterocycles. The fourth-order valence-electron chi connectivity index (χ4n) is 2.50. The molecular formula is C19H20N4O2. The van der Waals surface area contributed by atoms with Gasteiger partial charge in [0.25, 0.3) is 5.91 Å². The number of benzene rings is 2. The largest absolute Gasteiger partial charge is 0.497 e. The summed E-state index contributed by atoms with van der Waals surface area (Å²) in [5.41, 5.74) is 1.53. The second kappa shape index (κ2) is 7.53. The minimum Gasteiger partial charge on any atom is -0.497 e. The van der Waals surface area contributed by atoms with E-state index in [9.17, 15) is 4.79 Å². The summed E-state index contributed by atoms with van der Waals surface area (Å²) >= 11 is 0. The summed E-state index contributed by atoms with van der Waals surface area (Å²) in [4.78, 5) is 12.9. The van der Waals surface area contributed by atoms with Crippen LogP contribution in [0, 0.1) is 0 Å². The van der Waals surface area contributed by atoms with E-state index in [1.165, 1.54) is 0 Å². The second-order valence-electron chi connectivity index (χ2n) is 5.58. The number of ether oxygens (including phenoxy) is 1. The highest BCUT2D eigenvalue weighted by molar-refractivity contribution is 5.97. The normalized spacial score (nSPS) is 11.6. The van der Waals surface area contributed by atoms with Gasteiger partial charge in [0.15, 0.2) is 0 Å². The number of carbonyl (C=O) groups is 1. The zero-order chi connectivity index (χ0) is 17.6. The summed E-state index contributed by atoms with van der Waals surface area (Å²) in [5, 5.41) is 10.4. The predicted octanol–water partition coefficient (Wildman–Crippen LogP) is 3.22. The van der Waals surface area contributed by atoms with Crippen LogP contribution in [0.4, 0.5) is 11.5 Å². The van der Waals surface area contributed by atoms with Crippen molar-refractivity contribution in [2.75, 3.05) is 17.7 Å². The number of hydrogen-bond acceptors (Lipinski definition) is 4. The highest BCUT2D eigenvalue weighted by Gasteiger charge is 2.21. The van der Waals surface area contributed by atoms with Crippen LogP contribution in [0.25, 0.3) is 0 Å². The molecule has 0 spiro atoms. The third-order valence-electron chi connectivity index (χ3n) is 3.74. The van der Waals surface area contributed by atoms with E-state index in [4.69, 9.17) is 4.74 Å². The van der Waals surface area contributed by atoms with Crippen LogP contribution < -0.4 is 15.4 Å². The topological polar surface area (TPSA) is 68.2 Å². The number of aryl methyl sites for hydroxylation is 1. The van der Waals surface area contributed by atoms with Crippen LogP contribution >= 0.6 is 0 Å². The minimum atomic E-state index is -0.567. The summed E-state index contributed by atoms with van der Waals surface area (Å²) < 4.78 is 6.89. The van der Waals surface area contributed by atoms with E-state index in [2.05, 4.69) is 15.7 Å². The number of methoxy groups -OCH3 is 1.